The van der Waals surface area contributed by atoms with E-state index in [2.05, 4.69) is 5.32 Å². The van der Waals surface area contributed by atoms with Crippen molar-refractivity contribution in [2.75, 3.05) is 13.2 Å². The van der Waals surface area contributed by atoms with E-state index >= 15 is 0 Å². The average molecular weight is 254 g/mol. The van der Waals surface area contributed by atoms with Gasteiger partial charge in [0.1, 0.15) is 18.7 Å². The second kappa shape index (κ2) is 4.88. The number of nitrogens with zero attached hydrogens (tertiary/aromatic N) is 1. The Kier molecular flexibility index (Phi) is 3.61. The Morgan fingerprint density at radius 3 is 2.78 bits per heavy atom. The van der Waals surface area contributed by atoms with Crippen molar-refractivity contribution in [3.63, 3.8) is 0 Å². The van der Waals surface area contributed by atoms with Gasteiger partial charge in [-0.15, -0.1) is 0 Å². The smallest absolute Gasteiger partial charge is 0.323 e. The van der Waals surface area contributed by atoms with E-state index in [1.165, 1.54) is 0 Å². The molecule has 1 amide bonds. The maximum Gasteiger partial charge on any atom is 0.323 e. The molecule has 0 bridgehead atoms. The second-order valence-electron chi connectivity index (χ2n) is 6.13. The number of fused-ring (bicyclic) bond motifs is 1. The third-order valence-electron chi connectivity index (χ3n) is 3.40. The van der Waals surface area contributed by atoms with Crippen LogP contribution in [0.15, 0.2) is 0 Å². The molecular weight excluding hydrogens is 232 g/mol. The topological polar surface area (TPSA) is 58.6 Å². The van der Waals surface area contributed by atoms with Crippen LogP contribution < -0.4 is 5.32 Å². The van der Waals surface area contributed by atoms with Gasteiger partial charge in [-0.2, -0.15) is 0 Å². The molecule has 2 atom stereocenters. The van der Waals surface area contributed by atoms with Gasteiger partial charge in [0.05, 0.1) is 0 Å². The lowest BCUT2D eigenvalue weighted by molar-refractivity contribution is -0.167. The van der Waals surface area contributed by atoms with E-state index in [-0.39, 0.29) is 36.1 Å². The van der Waals surface area contributed by atoms with Gasteiger partial charge in [0.15, 0.2) is 0 Å². The van der Waals surface area contributed by atoms with Gasteiger partial charge in [0.25, 0.3) is 0 Å². The van der Waals surface area contributed by atoms with Crippen LogP contribution in [-0.4, -0.2) is 47.6 Å². The van der Waals surface area contributed by atoms with Crippen molar-refractivity contribution in [2.45, 2.75) is 57.7 Å². The van der Waals surface area contributed by atoms with Crippen LogP contribution >= 0.6 is 0 Å². The van der Waals surface area contributed by atoms with Gasteiger partial charge >= 0.3 is 5.97 Å². The Labute approximate surface area is 108 Å². The lowest BCUT2D eigenvalue weighted by atomic mass is 9.97. The Morgan fingerprint density at radius 1 is 1.39 bits per heavy atom. The number of hydrogen-bond acceptors (Lipinski definition) is 4. The van der Waals surface area contributed by atoms with Gasteiger partial charge < -0.3 is 10.1 Å². The molecule has 2 aliphatic heterocycles. The molecule has 0 aromatic heterocycles. The monoisotopic (exact) mass is 254 g/mol. The molecule has 5 nitrogen and oxygen atoms in total. The number of carbonyl (C=O) groups excluding carboxylic acids is 2. The fraction of sp³-hybridized carbons (Fsp3) is 0.846. The predicted molar refractivity (Wildman–Crippen MR) is 67.0 cm³/mol. The van der Waals surface area contributed by atoms with Crippen molar-refractivity contribution in [3.05, 3.63) is 0 Å². The standard InChI is InChI=1S/C13H22N2O3/c1-13(2,3)14-11(16)10-8-18-12(17)9-6-4-5-7-15(9)10/h9-10H,4-8H2,1-3H3,(H,14,16)/t9-,10?/m0/s1. The molecule has 2 aliphatic rings. The number of hydrogen-bond donors (Lipinski definition) is 1. The molecule has 0 aliphatic carbocycles. The fourth-order valence-corrected chi connectivity index (χ4v) is 2.61. The zero-order chi connectivity index (χ0) is 13.3. The van der Waals surface area contributed by atoms with Crippen molar-refractivity contribution in [2.24, 2.45) is 0 Å². The van der Waals surface area contributed by atoms with Crippen molar-refractivity contribution < 1.29 is 14.3 Å². The van der Waals surface area contributed by atoms with Crippen LogP contribution in [0.3, 0.4) is 0 Å². The number of nitrogens with one attached hydrogen (secondary N) is 1. The van der Waals surface area contributed by atoms with E-state index in [0.29, 0.717) is 0 Å². The summed E-state index contributed by atoms with van der Waals surface area (Å²) in [5, 5.41) is 2.96. The molecule has 0 spiro atoms. The minimum absolute atomic E-state index is 0.0399. The number of rotatable bonds is 1. The lowest BCUT2D eigenvalue weighted by Gasteiger charge is -2.43. The van der Waals surface area contributed by atoms with Crippen molar-refractivity contribution in [1.29, 1.82) is 0 Å². The maximum absolute atomic E-state index is 12.2. The quantitative estimate of drug-likeness (QED) is 0.699. The van der Waals surface area contributed by atoms with E-state index in [1.807, 2.05) is 25.7 Å². The summed E-state index contributed by atoms with van der Waals surface area (Å²) >= 11 is 0. The van der Waals surface area contributed by atoms with Crippen LogP contribution in [0.5, 0.6) is 0 Å². The Bertz CT molecular complexity index is 349. The van der Waals surface area contributed by atoms with E-state index in [4.69, 9.17) is 4.74 Å². The minimum atomic E-state index is -0.327. The number of ether oxygens (including phenoxy) is 1. The molecule has 2 saturated heterocycles. The molecule has 102 valence electrons. The summed E-state index contributed by atoms with van der Waals surface area (Å²) in [6.07, 6.45) is 2.88. The molecule has 2 fully saturated rings. The van der Waals surface area contributed by atoms with Gasteiger partial charge in [-0.05, 0) is 40.2 Å². The van der Waals surface area contributed by atoms with E-state index < -0.39 is 0 Å². The van der Waals surface area contributed by atoms with Crippen molar-refractivity contribution in [3.8, 4) is 0 Å². The molecule has 1 unspecified atom stereocenters. The average Bonchev–Trinajstić information content (AvgIpc) is 2.27. The van der Waals surface area contributed by atoms with Crippen LogP contribution in [-0.2, 0) is 14.3 Å². The van der Waals surface area contributed by atoms with E-state index in [1.54, 1.807) is 0 Å². The highest BCUT2D eigenvalue weighted by molar-refractivity contribution is 5.86. The predicted octanol–water partition coefficient (Wildman–Crippen LogP) is 0.681. The maximum atomic E-state index is 12.2. The molecule has 0 aromatic rings. The van der Waals surface area contributed by atoms with Gasteiger partial charge in [0.2, 0.25) is 5.91 Å². The Morgan fingerprint density at radius 2 is 2.11 bits per heavy atom. The first-order chi connectivity index (χ1) is 8.38. The van der Waals surface area contributed by atoms with Crippen LogP contribution in [0.2, 0.25) is 0 Å². The summed E-state index contributed by atoms with van der Waals surface area (Å²) in [7, 11) is 0. The number of carbonyl (C=O) groups is 2. The first-order valence-electron chi connectivity index (χ1n) is 6.63. The second-order valence-corrected chi connectivity index (χ2v) is 6.13. The highest BCUT2D eigenvalue weighted by Crippen LogP contribution is 2.24. The highest BCUT2D eigenvalue weighted by Gasteiger charge is 2.42. The molecule has 5 heteroatoms. The van der Waals surface area contributed by atoms with Crippen molar-refractivity contribution >= 4 is 11.9 Å². The first-order valence-corrected chi connectivity index (χ1v) is 6.63. The van der Waals surface area contributed by atoms with E-state index in [0.717, 1.165) is 25.8 Å². The van der Waals surface area contributed by atoms with E-state index in [9.17, 15) is 9.59 Å². The lowest BCUT2D eigenvalue weighted by Crippen LogP contribution is -2.63. The summed E-state index contributed by atoms with van der Waals surface area (Å²) in [5.74, 6) is -0.212. The Hall–Kier alpha value is -1.10. The molecular formula is C13H22N2O3. The van der Waals surface area contributed by atoms with Crippen molar-refractivity contribution in [1.82, 2.24) is 10.2 Å². The summed E-state index contributed by atoms with van der Waals surface area (Å²) in [5.41, 5.74) is -0.260. The summed E-state index contributed by atoms with van der Waals surface area (Å²) in [6.45, 7) is 6.84. The largest absolute Gasteiger partial charge is 0.462 e. The summed E-state index contributed by atoms with van der Waals surface area (Å²) in [6, 6.07) is -0.546. The van der Waals surface area contributed by atoms with Crippen LogP contribution in [0, 0.1) is 0 Å². The third-order valence-corrected chi connectivity index (χ3v) is 3.40. The number of cyclic esters (lactones) is 1. The molecule has 18 heavy (non-hydrogen) atoms. The van der Waals surface area contributed by atoms with Crippen LogP contribution in [0.25, 0.3) is 0 Å². The first kappa shape index (κ1) is 13.3. The number of esters is 1. The van der Waals surface area contributed by atoms with Gasteiger partial charge in [-0.25, -0.2) is 0 Å². The SMILES string of the molecule is CC(C)(C)NC(=O)C1COC(=O)[C@@H]2CCCCN12. The van der Waals surface area contributed by atoms with Gasteiger partial charge in [0, 0.05) is 5.54 Å². The fourth-order valence-electron chi connectivity index (χ4n) is 2.61. The zero-order valence-corrected chi connectivity index (χ0v) is 11.4. The summed E-state index contributed by atoms with van der Waals surface area (Å²) in [4.78, 5) is 25.9. The molecule has 0 radical (unpaired) electrons. The van der Waals surface area contributed by atoms with Crippen LogP contribution in [0.4, 0.5) is 0 Å². The molecule has 0 aromatic carbocycles. The number of amides is 1. The summed E-state index contributed by atoms with van der Waals surface area (Å²) < 4.78 is 5.15. The minimum Gasteiger partial charge on any atom is -0.462 e. The van der Waals surface area contributed by atoms with Gasteiger partial charge in [-0.3, -0.25) is 14.5 Å². The van der Waals surface area contributed by atoms with Crippen LogP contribution in [0.1, 0.15) is 40.0 Å². The number of piperidine rings is 1. The third kappa shape index (κ3) is 2.83. The molecule has 0 saturated carbocycles. The molecule has 2 heterocycles. The molecule has 2 rings (SSSR count). The highest BCUT2D eigenvalue weighted by atomic mass is 16.5. The number of morpholine rings is 1. The normalized spacial score (nSPS) is 29.4. The zero-order valence-electron chi connectivity index (χ0n) is 11.4. The van der Waals surface area contributed by atoms with Gasteiger partial charge in [-0.1, -0.05) is 6.42 Å². The molecule has 1 N–H and O–H groups in total. The Balaban J connectivity index is 2.08.